The Morgan fingerprint density at radius 1 is 1.25 bits per heavy atom. The van der Waals surface area contributed by atoms with Crippen molar-refractivity contribution in [3.05, 3.63) is 41.2 Å². The molecular formula is C20H25N9O3. The summed E-state index contributed by atoms with van der Waals surface area (Å²) >= 11 is 0. The molecule has 1 aliphatic heterocycles. The van der Waals surface area contributed by atoms with Crippen LogP contribution in [0.15, 0.2) is 34.0 Å². The molecule has 0 unspecified atom stereocenters. The number of amides is 1. The van der Waals surface area contributed by atoms with E-state index in [1.165, 1.54) is 11.1 Å². The maximum atomic E-state index is 12.8. The first-order valence-corrected chi connectivity index (χ1v) is 10.5. The fourth-order valence-electron chi connectivity index (χ4n) is 3.49. The van der Waals surface area contributed by atoms with Crippen molar-refractivity contribution in [1.29, 1.82) is 0 Å². The highest BCUT2D eigenvalue weighted by Gasteiger charge is 2.26. The second-order valence-corrected chi connectivity index (χ2v) is 7.31. The lowest BCUT2D eigenvalue weighted by Gasteiger charge is -2.26. The zero-order valence-electron chi connectivity index (χ0n) is 17.8. The third kappa shape index (κ3) is 4.91. The number of carbonyl (C=O) groups excluding carboxylic acids is 1. The van der Waals surface area contributed by atoms with E-state index in [0.29, 0.717) is 18.8 Å². The molecule has 2 aromatic heterocycles. The van der Waals surface area contributed by atoms with Crippen molar-refractivity contribution in [3.63, 3.8) is 0 Å². The summed E-state index contributed by atoms with van der Waals surface area (Å²) in [7, 11) is 0. The van der Waals surface area contributed by atoms with Crippen LogP contribution in [0.1, 0.15) is 47.9 Å². The summed E-state index contributed by atoms with van der Waals surface area (Å²) in [5.74, 6) is 0.548. The van der Waals surface area contributed by atoms with Gasteiger partial charge in [0.15, 0.2) is 5.69 Å². The molecule has 12 nitrogen and oxygen atoms in total. The van der Waals surface area contributed by atoms with Crippen LogP contribution < -0.4 is 15.9 Å². The van der Waals surface area contributed by atoms with E-state index >= 15 is 0 Å². The zero-order chi connectivity index (χ0) is 22.3. The topological polar surface area (TPSA) is 150 Å². The van der Waals surface area contributed by atoms with Crippen molar-refractivity contribution in [1.82, 2.24) is 35.6 Å². The van der Waals surface area contributed by atoms with Crippen LogP contribution in [0.25, 0.3) is 5.82 Å². The van der Waals surface area contributed by atoms with Crippen molar-refractivity contribution in [3.8, 4) is 11.6 Å². The highest BCUT2D eigenvalue weighted by molar-refractivity contribution is 5.94. The molecule has 4 rings (SSSR count). The van der Waals surface area contributed by atoms with E-state index in [-0.39, 0.29) is 17.3 Å². The Bertz CT molecular complexity index is 1070. The molecule has 12 heteroatoms. The van der Waals surface area contributed by atoms with Gasteiger partial charge in [-0.1, -0.05) is 11.6 Å². The van der Waals surface area contributed by atoms with Gasteiger partial charge in [-0.15, -0.1) is 5.10 Å². The van der Waals surface area contributed by atoms with Gasteiger partial charge >= 0.3 is 0 Å². The highest BCUT2D eigenvalue weighted by atomic mass is 16.6. The molecular weight excluding hydrogens is 414 g/mol. The number of nitrogens with two attached hydrogens (primary N) is 1. The van der Waals surface area contributed by atoms with E-state index in [1.807, 2.05) is 31.2 Å². The summed E-state index contributed by atoms with van der Waals surface area (Å²) < 4.78 is 11.5. The number of hydrogen-bond donors (Lipinski definition) is 2. The Balaban J connectivity index is 1.51. The number of hydrazone groups is 1. The molecule has 3 aromatic rings. The first-order valence-electron chi connectivity index (χ1n) is 10.5. The number of nitrogen functional groups attached to an aromatic ring is 1. The molecule has 3 N–H and O–H groups in total. The van der Waals surface area contributed by atoms with Gasteiger partial charge < -0.3 is 10.5 Å². The third-order valence-corrected chi connectivity index (χ3v) is 5.07. The van der Waals surface area contributed by atoms with Crippen LogP contribution in [0.4, 0.5) is 5.82 Å². The number of aromatic nitrogens is 5. The highest BCUT2D eigenvalue weighted by Crippen LogP contribution is 2.19. The van der Waals surface area contributed by atoms with Gasteiger partial charge in [-0.2, -0.15) is 9.78 Å². The number of carbonyl (C=O) groups is 1. The number of ether oxygens (including phenoxy) is 1. The molecule has 3 heterocycles. The number of benzene rings is 1. The molecule has 0 atom stereocenters. The molecule has 0 spiro atoms. The van der Waals surface area contributed by atoms with Crippen molar-refractivity contribution in [2.45, 2.75) is 32.7 Å². The fourth-order valence-corrected chi connectivity index (χ4v) is 3.49. The van der Waals surface area contributed by atoms with Crippen LogP contribution in [0, 0.1) is 0 Å². The molecule has 1 saturated heterocycles. The van der Waals surface area contributed by atoms with Gasteiger partial charge in [0.25, 0.3) is 5.91 Å². The van der Waals surface area contributed by atoms with Crippen LogP contribution in [-0.2, 0) is 6.54 Å². The van der Waals surface area contributed by atoms with E-state index in [4.69, 9.17) is 15.1 Å². The molecule has 1 aromatic carbocycles. The minimum Gasteiger partial charge on any atom is -0.494 e. The monoisotopic (exact) mass is 439 g/mol. The number of anilines is 1. The molecule has 32 heavy (non-hydrogen) atoms. The minimum atomic E-state index is -0.486. The maximum Gasteiger partial charge on any atom is 0.293 e. The largest absolute Gasteiger partial charge is 0.494 e. The Hall–Kier alpha value is -3.80. The number of nitrogens with one attached hydrogen (secondary N) is 1. The van der Waals surface area contributed by atoms with Gasteiger partial charge in [-0.3, -0.25) is 9.69 Å². The van der Waals surface area contributed by atoms with Gasteiger partial charge in [-0.05, 0) is 73.0 Å². The lowest BCUT2D eigenvalue weighted by molar-refractivity contribution is 0.0947. The van der Waals surface area contributed by atoms with E-state index < -0.39 is 5.91 Å². The first-order chi connectivity index (χ1) is 15.7. The summed E-state index contributed by atoms with van der Waals surface area (Å²) in [6.45, 7) is 4.84. The summed E-state index contributed by atoms with van der Waals surface area (Å²) in [6, 6.07) is 7.37. The van der Waals surface area contributed by atoms with Gasteiger partial charge in [0.2, 0.25) is 11.6 Å². The Morgan fingerprint density at radius 3 is 2.72 bits per heavy atom. The van der Waals surface area contributed by atoms with Gasteiger partial charge in [0, 0.05) is 6.54 Å². The number of rotatable bonds is 8. The van der Waals surface area contributed by atoms with Crippen LogP contribution in [0.5, 0.6) is 5.75 Å². The molecule has 1 fully saturated rings. The fraction of sp³-hybridized carbons (Fsp3) is 0.400. The zero-order valence-corrected chi connectivity index (χ0v) is 17.8. The summed E-state index contributed by atoms with van der Waals surface area (Å²) in [5, 5.41) is 19.6. The quantitative estimate of drug-likeness (QED) is 0.392. The molecule has 1 aliphatic rings. The standard InChI is InChI=1S/C20H25N9O3/c1-2-31-15-8-6-14(7-9-15)12-22-24-20(30)17-16(13-28-10-4-3-5-11-28)29(27-23-17)19-18(21)25-32-26-19/h6-9,12H,2-5,10-11,13H2,1H3,(H2,21,25)(H,24,30). The van der Waals surface area contributed by atoms with E-state index in [2.05, 4.69) is 36.1 Å². The summed E-state index contributed by atoms with van der Waals surface area (Å²) in [6.07, 6.45) is 4.94. The number of piperidine rings is 1. The Labute approximate surface area is 184 Å². The maximum absolute atomic E-state index is 12.8. The second kappa shape index (κ2) is 10.0. The predicted octanol–water partition coefficient (Wildman–Crippen LogP) is 1.38. The Kier molecular flexibility index (Phi) is 6.70. The molecule has 0 radical (unpaired) electrons. The normalized spacial score (nSPS) is 14.7. The second-order valence-electron chi connectivity index (χ2n) is 7.31. The average molecular weight is 439 g/mol. The van der Waals surface area contributed by atoms with E-state index in [1.54, 1.807) is 6.21 Å². The van der Waals surface area contributed by atoms with Crippen LogP contribution in [0.3, 0.4) is 0 Å². The minimum absolute atomic E-state index is 0.0651. The van der Waals surface area contributed by atoms with Gasteiger partial charge in [0.05, 0.1) is 18.5 Å². The van der Waals surface area contributed by atoms with E-state index in [9.17, 15) is 4.79 Å². The molecule has 0 saturated carbocycles. The van der Waals surface area contributed by atoms with Crippen molar-refractivity contribution >= 4 is 17.9 Å². The van der Waals surface area contributed by atoms with Crippen LogP contribution in [0.2, 0.25) is 0 Å². The Morgan fingerprint density at radius 2 is 2.03 bits per heavy atom. The van der Waals surface area contributed by atoms with E-state index in [0.717, 1.165) is 37.2 Å². The summed E-state index contributed by atoms with van der Waals surface area (Å²) in [4.78, 5) is 15.1. The lowest BCUT2D eigenvalue weighted by atomic mass is 10.1. The molecule has 0 aliphatic carbocycles. The first kappa shape index (κ1) is 21.4. The molecule has 1 amide bonds. The predicted molar refractivity (Wildman–Crippen MR) is 115 cm³/mol. The molecule has 0 bridgehead atoms. The van der Waals surface area contributed by atoms with Crippen molar-refractivity contribution < 1.29 is 14.2 Å². The number of likely N-dealkylation sites (tertiary alicyclic amines) is 1. The third-order valence-electron chi connectivity index (χ3n) is 5.07. The number of hydrogen-bond acceptors (Lipinski definition) is 10. The van der Waals surface area contributed by atoms with Crippen molar-refractivity contribution in [2.75, 3.05) is 25.4 Å². The lowest BCUT2D eigenvalue weighted by Crippen LogP contribution is -2.31. The summed E-state index contributed by atoms with van der Waals surface area (Å²) in [5.41, 5.74) is 9.84. The molecule has 168 valence electrons. The van der Waals surface area contributed by atoms with Crippen LogP contribution >= 0.6 is 0 Å². The smallest absolute Gasteiger partial charge is 0.293 e. The van der Waals surface area contributed by atoms with Crippen molar-refractivity contribution in [2.24, 2.45) is 5.10 Å². The SMILES string of the molecule is CCOc1ccc(C=NNC(=O)c2nnn(-c3nonc3N)c2CN2CCCCC2)cc1. The van der Waals surface area contributed by atoms with Crippen LogP contribution in [-0.4, -0.2) is 62.0 Å². The number of nitrogens with zero attached hydrogens (tertiary/aromatic N) is 7. The van der Waals surface area contributed by atoms with Gasteiger partial charge in [0.1, 0.15) is 5.75 Å². The average Bonchev–Trinajstić information content (AvgIpc) is 3.41. The van der Waals surface area contributed by atoms with Gasteiger partial charge in [-0.25, -0.2) is 10.1 Å².